The van der Waals surface area contributed by atoms with E-state index in [0.29, 0.717) is 6.61 Å². The number of nitrogens with two attached hydrogens (primary N) is 1. The molecule has 0 aromatic heterocycles. The Bertz CT molecular complexity index is 933. The van der Waals surface area contributed by atoms with Gasteiger partial charge in [-0.3, -0.25) is 0 Å². The monoisotopic (exact) mass is 379 g/mol. The Morgan fingerprint density at radius 2 is 0.966 bits per heavy atom. The molecule has 0 aliphatic rings. The van der Waals surface area contributed by atoms with E-state index in [0.717, 1.165) is 34.4 Å². The topological polar surface area (TPSA) is 35.2 Å². The highest BCUT2D eigenvalue weighted by Crippen LogP contribution is 2.40. The molecule has 0 amide bonds. The summed E-state index contributed by atoms with van der Waals surface area (Å²) in [6.07, 6.45) is 0.751. The van der Waals surface area contributed by atoms with Crippen LogP contribution in [-0.2, 0) is 16.8 Å². The van der Waals surface area contributed by atoms with E-state index in [1.165, 1.54) is 0 Å². The van der Waals surface area contributed by atoms with Crippen molar-refractivity contribution in [3.05, 3.63) is 138 Å². The maximum Gasteiger partial charge on any atom is 0.143 e. The first kappa shape index (κ1) is 19.0. The third kappa shape index (κ3) is 3.94. The molecule has 0 aliphatic heterocycles. The second-order valence-electron chi connectivity index (χ2n) is 7.08. The smallest absolute Gasteiger partial charge is 0.143 e. The van der Waals surface area contributed by atoms with Gasteiger partial charge in [0, 0.05) is 5.69 Å². The molecule has 4 aromatic carbocycles. The molecule has 0 radical (unpaired) electrons. The molecule has 4 rings (SSSR count). The molecule has 0 atom stereocenters. The van der Waals surface area contributed by atoms with Crippen LogP contribution in [0.15, 0.2) is 115 Å². The maximum absolute atomic E-state index is 6.79. The molecule has 2 heteroatoms. The first-order valence-corrected chi connectivity index (χ1v) is 9.94. The molecule has 0 fully saturated rings. The van der Waals surface area contributed by atoms with Crippen molar-refractivity contribution in [2.45, 2.75) is 12.0 Å². The van der Waals surface area contributed by atoms with E-state index < -0.39 is 5.60 Å². The summed E-state index contributed by atoms with van der Waals surface area (Å²) in [5.74, 6) is 0. The molecule has 0 aliphatic carbocycles. The Labute approximate surface area is 172 Å². The van der Waals surface area contributed by atoms with E-state index >= 15 is 0 Å². The third-order valence-corrected chi connectivity index (χ3v) is 5.29. The van der Waals surface area contributed by atoms with Gasteiger partial charge >= 0.3 is 0 Å². The van der Waals surface area contributed by atoms with Crippen LogP contribution in [-0.4, -0.2) is 6.61 Å². The number of ether oxygens (including phenoxy) is 1. The molecule has 0 saturated carbocycles. The second kappa shape index (κ2) is 8.76. The molecule has 4 aromatic rings. The number of hydrogen-bond acceptors (Lipinski definition) is 2. The first-order valence-electron chi connectivity index (χ1n) is 9.94. The Morgan fingerprint density at radius 3 is 1.41 bits per heavy atom. The fraction of sp³-hybridized carbons (Fsp3) is 0.111. The molecular formula is C27H25NO. The lowest BCUT2D eigenvalue weighted by Gasteiger charge is -2.36. The van der Waals surface area contributed by atoms with Crippen molar-refractivity contribution in [3.63, 3.8) is 0 Å². The van der Waals surface area contributed by atoms with Crippen LogP contribution in [0.2, 0.25) is 0 Å². The molecule has 0 saturated heterocycles. The highest BCUT2D eigenvalue weighted by molar-refractivity contribution is 5.48. The van der Waals surface area contributed by atoms with Crippen molar-refractivity contribution in [2.24, 2.45) is 0 Å². The summed E-state index contributed by atoms with van der Waals surface area (Å²) in [7, 11) is 0. The van der Waals surface area contributed by atoms with Gasteiger partial charge in [-0.15, -0.1) is 0 Å². The quantitative estimate of drug-likeness (QED) is 0.324. The number of rotatable bonds is 7. The normalized spacial score (nSPS) is 11.3. The summed E-state index contributed by atoms with van der Waals surface area (Å²) >= 11 is 0. The van der Waals surface area contributed by atoms with Crippen LogP contribution in [0, 0.1) is 0 Å². The standard InChI is InChI=1S/C27H25NO/c28-26-19-11-10-12-22(26)20-21-29-27(23-13-4-1-5-14-23,24-15-6-2-7-16-24)25-17-8-3-9-18-25/h1-19H,20-21,28H2. The Morgan fingerprint density at radius 1 is 0.552 bits per heavy atom. The lowest BCUT2D eigenvalue weighted by molar-refractivity contribution is 0.0148. The minimum Gasteiger partial charge on any atom is -0.399 e. The zero-order valence-corrected chi connectivity index (χ0v) is 16.4. The SMILES string of the molecule is Nc1ccccc1CCOC(c1ccccc1)(c1ccccc1)c1ccccc1. The lowest BCUT2D eigenvalue weighted by atomic mass is 9.80. The van der Waals surface area contributed by atoms with E-state index in [1.807, 2.05) is 36.4 Å². The van der Waals surface area contributed by atoms with Gasteiger partial charge in [-0.25, -0.2) is 0 Å². The average Bonchev–Trinajstić information content (AvgIpc) is 2.80. The molecule has 2 nitrogen and oxygen atoms in total. The van der Waals surface area contributed by atoms with Gasteiger partial charge in [-0.05, 0) is 34.7 Å². The fourth-order valence-corrected chi connectivity index (χ4v) is 3.84. The van der Waals surface area contributed by atoms with Gasteiger partial charge < -0.3 is 10.5 Å². The number of nitrogen functional groups attached to an aromatic ring is 1. The Balaban J connectivity index is 1.78. The fourth-order valence-electron chi connectivity index (χ4n) is 3.84. The van der Waals surface area contributed by atoms with Crippen LogP contribution >= 0.6 is 0 Å². The number of anilines is 1. The van der Waals surface area contributed by atoms with Gasteiger partial charge in [0.25, 0.3) is 0 Å². The first-order chi connectivity index (χ1) is 14.3. The van der Waals surface area contributed by atoms with Crippen molar-refractivity contribution in [2.75, 3.05) is 12.3 Å². The van der Waals surface area contributed by atoms with Crippen molar-refractivity contribution in [1.82, 2.24) is 0 Å². The van der Waals surface area contributed by atoms with Gasteiger partial charge in [-0.1, -0.05) is 109 Å². The third-order valence-electron chi connectivity index (χ3n) is 5.29. The van der Waals surface area contributed by atoms with Gasteiger partial charge in [-0.2, -0.15) is 0 Å². The van der Waals surface area contributed by atoms with Crippen LogP contribution in [0.5, 0.6) is 0 Å². The molecule has 29 heavy (non-hydrogen) atoms. The van der Waals surface area contributed by atoms with Crippen molar-refractivity contribution >= 4 is 5.69 Å². The summed E-state index contributed by atoms with van der Waals surface area (Å²) in [6, 6.07) is 39.3. The van der Waals surface area contributed by atoms with E-state index in [1.54, 1.807) is 0 Å². The Kier molecular flexibility index (Phi) is 5.73. The summed E-state index contributed by atoms with van der Waals surface area (Å²) < 4.78 is 6.79. The van der Waals surface area contributed by atoms with Crippen molar-refractivity contribution in [1.29, 1.82) is 0 Å². The number of hydrogen-bond donors (Lipinski definition) is 1. The van der Waals surface area contributed by atoms with E-state index in [-0.39, 0.29) is 0 Å². The van der Waals surface area contributed by atoms with Gasteiger partial charge in [0.2, 0.25) is 0 Å². The molecule has 0 heterocycles. The zero-order chi connectivity index (χ0) is 19.9. The van der Waals surface area contributed by atoms with Crippen LogP contribution in [0.25, 0.3) is 0 Å². The van der Waals surface area contributed by atoms with Gasteiger partial charge in [0.1, 0.15) is 5.60 Å². The average molecular weight is 380 g/mol. The molecule has 0 spiro atoms. The Hall–Kier alpha value is -3.36. The molecule has 0 unspecified atom stereocenters. The van der Waals surface area contributed by atoms with Crippen LogP contribution < -0.4 is 5.73 Å². The summed E-state index contributed by atoms with van der Waals surface area (Å²) in [6.45, 7) is 0.549. The maximum atomic E-state index is 6.79. The van der Waals surface area contributed by atoms with E-state index in [4.69, 9.17) is 10.5 Å². The van der Waals surface area contributed by atoms with Crippen LogP contribution in [0.4, 0.5) is 5.69 Å². The number of benzene rings is 4. The van der Waals surface area contributed by atoms with Gasteiger partial charge in [0.05, 0.1) is 6.61 Å². The molecule has 144 valence electrons. The predicted octanol–water partition coefficient (Wildman–Crippen LogP) is 5.82. The summed E-state index contributed by atoms with van der Waals surface area (Å²) in [4.78, 5) is 0. The highest BCUT2D eigenvalue weighted by atomic mass is 16.5. The van der Waals surface area contributed by atoms with Gasteiger partial charge in [0.15, 0.2) is 0 Å². The largest absolute Gasteiger partial charge is 0.399 e. The van der Waals surface area contributed by atoms with Crippen LogP contribution in [0.3, 0.4) is 0 Å². The van der Waals surface area contributed by atoms with Crippen molar-refractivity contribution < 1.29 is 4.74 Å². The van der Waals surface area contributed by atoms with E-state index in [2.05, 4.69) is 78.9 Å². The lowest BCUT2D eigenvalue weighted by Crippen LogP contribution is -2.33. The predicted molar refractivity (Wildman–Crippen MR) is 120 cm³/mol. The molecule has 0 bridgehead atoms. The molecule has 2 N–H and O–H groups in total. The minimum absolute atomic E-state index is 0.549. The summed E-state index contributed by atoms with van der Waals surface area (Å²) in [5.41, 5.74) is 10.7. The van der Waals surface area contributed by atoms with Crippen molar-refractivity contribution in [3.8, 4) is 0 Å². The minimum atomic E-state index is -0.687. The van der Waals surface area contributed by atoms with Crippen LogP contribution in [0.1, 0.15) is 22.3 Å². The second-order valence-corrected chi connectivity index (χ2v) is 7.08. The number of para-hydroxylation sites is 1. The van der Waals surface area contributed by atoms with E-state index in [9.17, 15) is 0 Å². The molecular weight excluding hydrogens is 354 g/mol. The summed E-state index contributed by atoms with van der Waals surface area (Å²) in [5, 5.41) is 0. The zero-order valence-electron chi connectivity index (χ0n) is 16.4. The highest BCUT2D eigenvalue weighted by Gasteiger charge is 2.37.